The van der Waals surface area contributed by atoms with Crippen LogP contribution in [-0.2, 0) is 0 Å². The van der Waals surface area contributed by atoms with Crippen molar-refractivity contribution in [3.8, 4) is 0 Å². The van der Waals surface area contributed by atoms with Gasteiger partial charge in [0.15, 0.2) is 23.3 Å². The molecule has 0 bridgehead atoms. The van der Waals surface area contributed by atoms with Gasteiger partial charge in [-0.05, 0) is 69.1 Å². The zero-order valence-electron chi connectivity index (χ0n) is 21.4. The van der Waals surface area contributed by atoms with Crippen LogP contribution in [0.5, 0.6) is 0 Å². The third-order valence-corrected chi connectivity index (χ3v) is 14.6. The molecule has 4 aromatic rings. The summed E-state index contributed by atoms with van der Waals surface area (Å²) in [7, 11) is -2.92. The highest BCUT2D eigenvalue weighted by molar-refractivity contribution is 7.79. The molecule has 1 aliphatic carbocycles. The lowest BCUT2D eigenvalue weighted by molar-refractivity contribution is 0.313. The van der Waals surface area contributed by atoms with E-state index in [1.807, 2.05) is 36.4 Å². The van der Waals surface area contributed by atoms with E-state index >= 15 is 8.78 Å². The summed E-state index contributed by atoms with van der Waals surface area (Å²) in [5.41, 5.74) is 2.76. The number of nitrogens with zero attached hydrogens (tertiary/aromatic N) is 1. The van der Waals surface area contributed by atoms with E-state index in [2.05, 4.69) is 28.7 Å². The predicted octanol–water partition coefficient (Wildman–Crippen LogP) is 9.12. The van der Waals surface area contributed by atoms with Crippen molar-refractivity contribution in [3.05, 3.63) is 131 Å². The summed E-state index contributed by atoms with van der Waals surface area (Å²) in [4.78, 5) is 0. The van der Waals surface area contributed by atoms with Crippen LogP contribution in [0, 0.1) is 23.3 Å². The lowest BCUT2D eigenvalue weighted by Gasteiger charge is -2.49. The molecule has 2 atom stereocenters. The Labute approximate surface area is 229 Å². The van der Waals surface area contributed by atoms with E-state index in [-0.39, 0.29) is 28.0 Å². The maximum absolute atomic E-state index is 15.6. The first kappa shape index (κ1) is 26.6. The molecule has 1 aliphatic heterocycles. The van der Waals surface area contributed by atoms with Gasteiger partial charge in [-0.1, -0.05) is 79.2 Å². The maximum atomic E-state index is 15.6. The van der Waals surface area contributed by atoms with Crippen LogP contribution in [0.15, 0.2) is 97.1 Å². The van der Waals surface area contributed by atoms with Gasteiger partial charge in [0.1, 0.15) is 0 Å². The summed E-state index contributed by atoms with van der Waals surface area (Å²) in [6.45, 7) is 0. The van der Waals surface area contributed by atoms with E-state index in [0.29, 0.717) is 0 Å². The van der Waals surface area contributed by atoms with Crippen molar-refractivity contribution in [3.63, 3.8) is 0 Å². The molecule has 1 nitrogen and oxygen atoms in total. The first-order valence-corrected chi connectivity index (χ1v) is 16.1. The minimum Gasteiger partial charge on any atom is -0.248 e. The van der Waals surface area contributed by atoms with Crippen molar-refractivity contribution in [2.45, 2.75) is 49.5 Å². The minimum atomic E-state index is -1.90. The smallest absolute Gasteiger partial charge is 0.168 e. The summed E-state index contributed by atoms with van der Waals surface area (Å²) in [5.74, 6) is -3.88. The highest BCUT2D eigenvalue weighted by atomic mass is 31.2. The highest BCUT2D eigenvalue weighted by Gasteiger charge is 2.48. The van der Waals surface area contributed by atoms with Crippen LogP contribution in [0.25, 0.3) is 0 Å². The molecule has 0 N–H and O–H groups in total. The molecule has 0 unspecified atom stereocenters. The van der Waals surface area contributed by atoms with E-state index in [1.165, 1.54) is 23.3 Å². The fourth-order valence-electron chi connectivity index (χ4n) is 5.81. The first-order chi connectivity index (χ1) is 19.0. The van der Waals surface area contributed by atoms with Crippen molar-refractivity contribution in [2.24, 2.45) is 0 Å². The van der Waals surface area contributed by atoms with Gasteiger partial charge < -0.3 is 0 Å². The average Bonchev–Trinajstić information content (AvgIpc) is 3.37. The molecule has 1 saturated carbocycles. The second kappa shape index (κ2) is 11.5. The lowest BCUT2D eigenvalue weighted by Crippen LogP contribution is -2.40. The Morgan fingerprint density at radius 1 is 0.564 bits per heavy atom. The normalized spacial score (nSPS) is 20.1. The molecule has 39 heavy (non-hydrogen) atoms. The molecule has 7 heteroatoms. The lowest BCUT2D eigenvalue weighted by atomic mass is 9.94. The summed E-state index contributed by atoms with van der Waals surface area (Å²) in [6.07, 6.45) is 4.71. The average molecular weight is 566 g/mol. The van der Waals surface area contributed by atoms with Crippen LogP contribution >= 0.6 is 16.1 Å². The van der Waals surface area contributed by atoms with Crippen LogP contribution in [0.2, 0.25) is 0 Å². The quantitative estimate of drug-likeness (QED) is 0.160. The molecule has 1 saturated heterocycles. The Morgan fingerprint density at radius 2 is 1.03 bits per heavy atom. The Morgan fingerprint density at radius 3 is 1.44 bits per heavy atom. The Balaban J connectivity index is 1.59. The number of halogens is 4. The number of benzene rings is 4. The van der Waals surface area contributed by atoms with Gasteiger partial charge in [-0.25, -0.2) is 22.0 Å². The van der Waals surface area contributed by atoms with Crippen molar-refractivity contribution in [1.82, 2.24) is 4.44 Å². The minimum absolute atomic E-state index is 0.0862. The van der Waals surface area contributed by atoms with Crippen molar-refractivity contribution >= 4 is 26.8 Å². The van der Waals surface area contributed by atoms with E-state index in [4.69, 9.17) is 0 Å². The topological polar surface area (TPSA) is 3.24 Å². The maximum Gasteiger partial charge on any atom is 0.168 e. The van der Waals surface area contributed by atoms with Crippen molar-refractivity contribution in [1.29, 1.82) is 0 Å². The summed E-state index contributed by atoms with van der Waals surface area (Å²) in [6, 6.07) is 29.0. The Hall–Kier alpha value is -2.58. The largest absolute Gasteiger partial charge is 0.248 e. The first-order valence-electron chi connectivity index (χ1n) is 13.4. The van der Waals surface area contributed by atoms with E-state index in [0.717, 1.165) is 44.2 Å². The molecular weight excluding hydrogens is 536 g/mol. The van der Waals surface area contributed by atoms with Gasteiger partial charge in [-0.3, -0.25) is 0 Å². The van der Waals surface area contributed by atoms with E-state index in [9.17, 15) is 8.78 Å². The molecule has 2 fully saturated rings. The fourth-order valence-corrected chi connectivity index (χ4v) is 13.7. The molecule has 4 aromatic carbocycles. The summed E-state index contributed by atoms with van der Waals surface area (Å²) < 4.78 is 63.1. The van der Waals surface area contributed by atoms with Gasteiger partial charge in [0.25, 0.3) is 0 Å². The van der Waals surface area contributed by atoms with Crippen molar-refractivity contribution in [2.75, 3.05) is 0 Å². The van der Waals surface area contributed by atoms with E-state index in [1.54, 1.807) is 12.1 Å². The second-order valence-electron chi connectivity index (χ2n) is 10.2. The zero-order valence-corrected chi connectivity index (χ0v) is 23.1. The SMILES string of the molecule is Fc1cccc(P(c2cccc(F)c2F)N(C2CCC2)P2[C@H](c3ccccc3)CC[C@H]2c2ccccc2)c1F. The summed E-state index contributed by atoms with van der Waals surface area (Å²) >= 11 is 0. The third kappa shape index (κ3) is 5.06. The number of rotatable bonds is 7. The third-order valence-electron chi connectivity index (χ3n) is 7.88. The predicted molar refractivity (Wildman–Crippen MR) is 153 cm³/mol. The van der Waals surface area contributed by atoms with Gasteiger partial charge >= 0.3 is 0 Å². The van der Waals surface area contributed by atoms with Crippen LogP contribution in [-0.4, -0.2) is 10.5 Å². The monoisotopic (exact) mass is 565 g/mol. The molecule has 6 rings (SSSR count). The van der Waals surface area contributed by atoms with Crippen LogP contribution in [0.3, 0.4) is 0 Å². The number of hydrogen-bond donors (Lipinski definition) is 0. The fraction of sp³-hybridized carbons (Fsp3) is 0.250. The zero-order chi connectivity index (χ0) is 26.9. The second-order valence-corrected chi connectivity index (χ2v) is 14.9. The molecule has 0 amide bonds. The van der Waals surface area contributed by atoms with Crippen LogP contribution < -0.4 is 10.6 Å². The molecule has 0 aromatic heterocycles. The molecule has 0 radical (unpaired) electrons. The number of hydrogen-bond acceptors (Lipinski definition) is 1. The molecular formula is C32H29F4NP2. The standard InChI is InChI=1S/C32H29F4NP2/c33-25-16-8-18-29(31(25)35)39(30-19-9-17-26(34)32(30)36)37(24-14-7-15-24)38-27(22-10-3-1-4-11-22)20-21-28(38)23-12-5-2-6-13-23/h1-6,8-13,16-19,24,27-28H,7,14-15,20-21H2/t27-,28-/m0/s1. The molecule has 2 aliphatic rings. The van der Waals surface area contributed by atoms with Gasteiger partial charge in [-0.2, -0.15) is 0 Å². The van der Waals surface area contributed by atoms with Gasteiger partial charge in [-0.15, -0.1) is 0 Å². The van der Waals surface area contributed by atoms with Crippen molar-refractivity contribution < 1.29 is 17.6 Å². The Bertz CT molecular complexity index is 1330. The molecule has 0 spiro atoms. The van der Waals surface area contributed by atoms with Gasteiger partial charge in [0.05, 0.1) is 0 Å². The van der Waals surface area contributed by atoms with Gasteiger partial charge in [0, 0.05) is 36.0 Å². The molecule has 1 heterocycles. The Kier molecular flexibility index (Phi) is 7.85. The highest BCUT2D eigenvalue weighted by Crippen LogP contribution is 2.77. The van der Waals surface area contributed by atoms with Crippen LogP contribution in [0.1, 0.15) is 54.5 Å². The summed E-state index contributed by atoms with van der Waals surface area (Å²) in [5, 5.41) is 0.240. The van der Waals surface area contributed by atoms with E-state index < -0.39 is 39.4 Å². The molecule has 200 valence electrons. The van der Waals surface area contributed by atoms with Crippen LogP contribution in [0.4, 0.5) is 17.6 Å². The van der Waals surface area contributed by atoms with Gasteiger partial charge in [0.2, 0.25) is 0 Å².